The van der Waals surface area contributed by atoms with Gasteiger partial charge < -0.3 is 55.1 Å². The Bertz CT molecular complexity index is 393. The van der Waals surface area contributed by atoms with Crippen LogP contribution in [-0.2, 0) is 14.2 Å². The maximum absolute atomic E-state index is 10.00. The molecule has 9 atom stereocenters. The van der Waals surface area contributed by atoms with Gasteiger partial charge in [-0.1, -0.05) is 0 Å². The van der Waals surface area contributed by atoms with E-state index >= 15 is 0 Å². The lowest BCUT2D eigenvalue weighted by atomic mass is 9.99. The third-order valence-electron chi connectivity index (χ3n) is 4.07. The van der Waals surface area contributed by atoms with Crippen molar-refractivity contribution in [3.05, 3.63) is 0 Å². The maximum Gasteiger partial charge on any atom is 0.224 e. The molecule has 0 aromatic rings. The van der Waals surface area contributed by atoms with Crippen LogP contribution in [0.1, 0.15) is 0 Å². The van der Waals surface area contributed by atoms with Crippen LogP contribution < -0.4 is 0 Å². The number of hydrogen-bond acceptors (Lipinski definition) is 11. The van der Waals surface area contributed by atoms with Gasteiger partial charge in [-0.25, -0.2) is 0 Å². The highest BCUT2D eigenvalue weighted by Crippen LogP contribution is 2.35. The van der Waals surface area contributed by atoms with Crippen LogP contribution in [0.25, 0.3) is 0 Å². The zero-order chi connectivity index (χ0) is 17.4. The van der Waals surface area contributed by atoms with Gasteiger partial charge in [-0.15, -0.1) is 0 Å². The second kappa shape index (κ2) is 7.21. The predicted molar refractivity (Wildman–Crippen MR) is 68.6 cm³/mol. The van der Waals surface area contributed by atoms with E-state index < -0.39 is 74.6 Å². The number of rotatable bonds is 5. The van der Waals surface area contributed by atoms with Crippen molar-refractivity contribution in [3.8, 4) is 0 Å². The third-order valence-corrected chi connectivity index (χ3v) is 4.07. The molecule has 0 spiro atoms. The van der Waals surface area contributed by atoms with Gasteiger partial charge in [0.05, 0.1) is 13.2 Å². The Morgan fingerprint density at radius 3 is 1.87 bits per heavy atom. The van der Waals surface area contributed by atoms with E-state index in [-0.39, 0.29) is 0 Å². The summed E-state index contributed by atoms with van der Waals surface area (Å²) in [5.74, 6) is -2.22. The summed E-state index contributed by atoms with van der Waals surface area (Å²) in [5, 5.41) is 76.7. The molecule has 2 heterocycles. The molecular formula is C12H22O11. The number of hydrogen-bond donors (Lipinski definition) is 8. The van der Waals surface area contributed by atoms with Crippen LogP contribution in [0.3, 0.4) is 0 Å². The molecule has 23 heavy (non-hydrogen) atoms. The van der Waals surface area contributed by atoms with E-state index in [4.69, 9.17) is 24.4 Å². The molecule has 0 unspecified atom stereocenters. The lowest BCUT2D eigenvalue weighted by Gasteiger charge is -2.43. The highest BCUT2D eigenvalue weighted by molar-refractivity contribution is 4.98. The summed E-state index contributed by atoms with van der Waals surface area (Å²) in [4.78, 5) is 0. The van der Waals surface area contributed by atoms with Gasteiger partial charge in [0.15, 0.2) is 6.29 Å². The molecule has 0 aliphatic carbocycles. The minimum atomic E-state index is -2.22. The summed E-state index contributed by atoms with van der Waals surface area (Å²) in [6.07, 6.45) is -12.7. The molecular weight excluding hydrogens is 320 g/mol. The Hall–Kier alpha value is -0.440. The van der Waals surface area contributed by atoms with Crippen molar-refractivity contribution in [2.24, 2.45) is 0 Å². The largest absolute Gasteiger partial charge is 0.394 e. The van der Waals surface area contributed by atoms with Crippen molar-refractivity contribution in [1.82, 2.24) is 0 Å². The average Bonchev–Trinajstić information content (AvgIpc) is 2.80. The molecule has 0 aromatic heterocycles. The first-order valence-electron chi connectivity index (χ1n) is 7.05. The molecule has 2 rings (SSSR count). The highest BCUT2D eigenvalue weighted by Gasteiger charge is 2.58. The quantitative estimate of drug-likeness (QED) is 0.238. The lowest BCUT2D eigenvalue weighted by Crippen LogP contribution is -2.62. The zero-order valence-electron chi connectivity index (χ0n) is 12.0. The second-order valence-corrected chi connectivity index (χ2v) is 5.56. The smallest absolute Gasteiger partial charge is 0.224 e. The van der Waals surface area contributed by atoms with E-state index in [1.54, 1.807) is 0 Å². The summed E-state index contributed by atoms with van der Waals surface area (Å²) in [6.45, 7) is -2.32. The number of aliphatic hydroxyl groups excluding tert-OH is 8. The van der Waals surface area contributed by atoms with E-state index in [9.17, 15) is 30.6 Å². The van der Waals surface area contributed by atoms with Gasteiger partial charge in [0.25, 0.3) is 0 Å². The summed E-state index contributed by atoms with van der Waals surface area (Å²) >= 11 is 0. The Morgan fingerprint density at radius 2 is 1.39 bits per heavy atom. The SMILES string of the molecule is OC[C@@H]1O[C@@](CO)(O[C@@H]2O[C@@H](CO)[C@@H](O)[C@H](O)[C@@H]2O)[C@H](O)[C@@H]1O. The third kappa shape index (κ3) is 3.23. The van der Waals surface area contributed by atoms with Crippen molar-refractivity contribution in [2.45, 2.75) is 54.8 Å². The number of aliphatic hydroxyl groups is 8. The van der Waals surface area contributed by atoms with Crippen molar-refractivity contribution < 1.29 is 55.1 Å². The van der Waals surface area contributed by atoms with Crippen LogP contribution in [0.2, 0.25) is 0 Å². The molecule has 2 aliphatic rings. The lowest BCUT2D eigenvalue weighted by molar-refractivity contribution is -0.383. The molecule has 11 heteroatoms. The van der Waals surface area contributed by atoms with E-state index in [2.05, 4.69) is 0 Å². The topological polar surface area (TPSA) is 190 Å². The monoisotopic (exact) mass is 342 g/mol. The maximum atomic E-state index is 10.00. The molecule has 11 nitrogen and oxygen atoms in total. The molecule has 0 radical (unpaired) electrons. The van der Waals surface area contributed by atoms with Gasteiger partial charge in [0.2, 0.25) is 5.79 Å². The van der Waals surface area contributed by atoms with Crippen LogP contribution in [0.4, 0.5) is 0 Å². The van der Waals surface area contributed by atoms with Crippen molar-refractivity contribution >= 4 is 0 Å². The standard InChI is InChI=1S/C12H22O11/c13-1-4-6(16)8(18)9(19)11(21-4)23-12(3-15)10(20)7(17)5(2-14)22-12/h4-11,13-20H,1-3H2/t4-,5-,6+,7+,8-,9-,10+,11-,12-/m0/s1. The van der Waals surface area contributed by atoms with Crippen LogP contribution >= 0.6 is 0 Å². The van der Waals surface area contributed by atoms with Gasteiger partial charge in [0.1, 0.15) is 49.3 Å². The van der Waals surface area contributed by atoms with Crippen LogP contribution in [0.5, 0.6) is 0 Å². The van der Waals surface area contributed by atoms with Crippen LogP contribution in [0, 0.1) is 0 Å². The van der Waals surface area contributed by atoms with Crippen molar-refractivity contribution in [2.75, 3.05) is 19.8 Å². The molecule has 136 valence electrons. The average molecular weight is 342 g/mol. The first-order chi connectivity index (χ1) is 10.8. The van der Waals surface area contributed by atoms with Gasteiger partial charge in [0, 0.05) is 0 Å². The van der Waals surface area contributed by atoms with Crippen LogP contribution in [-0.4, -0.2) is 115 Å². The minimum absolute atomic E-state index is 0.669. The molecule has 2 fully saturated rings. The Morgan fingerprint density at radius 1 is 0.783 bits per heavy atom. The summed E-state index contributed by atoms with van der Waals surface area (Å²) in [6, 6.07) is 0. The molecule has 2 saturated heterocycles. The van der Waals surface area contributed by atoms with Crippen molar-refractivity contribution in [3.63, 3.8) is 0 Å². The second-order valence-electron chi connectivity index (χ2n) is 5.56. The fraction of sp³-hybridized carbons (Fsp3) is 1.00. The van der Waals surface area contributed by atoms with Crippen LogP contribution in [0.15, 0.2) is 0 Å². The molecule has 8 N–H and O–H groups in total. The Balaban J connectivity index is 2.18. The molecule has 2 aliphatic heterocycles. The van der Waals surface area contributed by atoms with Crippen molar-refractivity contribution in [1.29, 1.82) is 0 Å². The summed E-state index contributed by atoms with van der Waals surface area (Å²) < 4.78 is 15.4. The predicted octanol–water partition coefficient (Wildman–Crippen LogP) is -5.40. The summed E-state index contributed by atoms with van der Waals surface area (Å²) in [5.41, 5.74) is 0. The molecule has 0 amide bonds. The zero-order valence-corrected chi connectivity index (χ0v) is 12.0. The Kier molecular flexibility index (Phi) is 5.92. The fourth-order valence-corrected chi connectivity index (χ4v) is 2.63. The first-order valence-corrected chi connectivity index (χ1v) is 7.05. The molecule has 0 bridgehead atoms. The van der Waals surface area contributed by atoms with E-state index in [0.717, 1.165) is 0 Å². The summed E-state index contributed by atoms with van der Waals surface area (Å²) in [7, 11) is 0. The molecule has 0 aromatic carbocycles. The fourth-order valence-electron chi connectivity index (χ4n) is 2.63. The minimum Gasteiger partial charge on any atom is -0.394 e. The Labute approximate surface area is 130 Å². The van der Waals surface area contributed by atoms with Gasteiger partial charge >= 0.3 is 0 Å². The number of ether oxygens (including phenoxy) is 3. The first kappa shape index (κ1) is 18.9. The van der Waals surface area contributed by atoms with Gasteiger partial charge in [-0.3, -0.25) is 0 Å². The van der Waals surface area contributed by atoms with Gasteiger partial charge in [-0.05, 0) is 0 Å². The van der Waals surface area contributed by atoms with E-state index in [0.29, 0.717) is 0 Å². The molecule has 0 saturated carbocycles. The normalized spacial score (nSPS) is 51.1. The van der Waals surface area contributed by atoms with E-state index in [1.165, 1.54) is 0 Å². The van der Waals surface area contributed by atoms with Gasteiger partial charge in [-0.2, -0.15) is 0 Å². The highest BCUT2D eigenvalue weighted by atomic mass is 16.8. The van der Waals surface area contributed by atoms with E-state index in [1.807, 2.05) is 0 Å².